The Balaban J connectivity index is 2.12. The summed E-state index contributed by atoms with van der Waals surface area (Å²) in [7, 11) is 0. The van der Waals surface area contributed by atoms with Crippen molar-refractivity contribution in [3.8, 4) is 5.75 Å². The van der Waals surface area contributed by atoms with E-state index in [-0.39, 0.29) is 16.9 Å². The minimum Gasteiger partial charge on any atom is -0.486 e. The van der Waals surface area contributed by atoms with Crippen molar-refractivity contribution in [2.45, 2.75) is 26.4 Å². The molecule has 0 heterocycles. The highest BCUT2D eigenvalue weighted by molar-refractivity contribution is 5.32. The molecule has 2 rings (SSSR count). The second kappa shape index (κ2) is 7.95. The monoisotopic (exact) mass is 342 g/mol. The van der Waals surface area contributed by atoms with Crippen LogP contribution < -0.4 is 4.74 Å². The maximum atomic E-state index is 14.0. The number of rotatable bonds is 6. The molecule has 0 atom stereocenters. The zero-order valence-corrected chi connectivity index (χ0v) is 12.9. The summed E-state index contributed by atoms with van der Waals surface area (Å²) in [5.41, 5.74) is 0.167. The number of hydrogen-bond donors (Lipinski definition) is 0. The zero-order valence-electron chi connectivity index (χ0n) is 12.9. The fourth-order valence-electron chi connectivity index (χ4n) is 2.13. The van der Waals surface area contributed by atoms with Gasteiger partial charge in [-0.05, 0) is 49.1 Å². The fourth-order valence-corrected chi connectivity index (χ4v) is 2.13. The van der Waals surface area contributed by atoms with Crippen LogP contribution in [0.25, 0.3) is 0 Å². The van der Waals surface area contributed by atoms with Gasteiger partial charge in [-0.2, -0.15) is 4.39 Å². The number of aryl methyl sites for hydroxylation is 1. The highest BCUT2D eigenvalue weighted by atomic mass is 19.2. The molecule has 1 nitrogen and oxygen atoms in total. The van der Waals surface area contributed by atoms with Gasteiger partial charge in [0.1, 0.15) is 6.61 Å². The Morgan fingerprint density at radius 2 is 1.58 bits per heavy atom. The molecule has 6 heteroatoms. The lowest BCUT2D eigenvalue weighted by molar-refractivity contribution is 0.282. The van der Waals surface area contributed by atoms with Crippen LogP contribution in [0.3, 0.4) is 0 Å². The topological polar surface area (TPSA) is 9.23 Å². The molecule has 2 aromatic carbocycles. The van der Waals surface area contributed by atoms with Crippen LogP contribution in [0.5, 0.6) is 5.75 Å². The molecule has 0 saturated heterocycles. The number of halogens is 5. The molecule has 0 fully saturated rings. The molecule has 0 N–H and O–H groups in total. The van der Waals surface area contributed by atoms with Crippen LogP contribution in [0, 0.1) is 29.1 Å². The molecule has 0 unspecified atom stereocenters. The van der Waals surface area contributed by atoms with Crippen molar-refractivity contribution in [3.63, 3.8) is 0 Å². The molecule has 0 radical (unpaired) electrons. The normalized spacial score (nSPS) is 11.2. The predicted octanol–water partition coefficient (Wildman–Crippen LogP) is 5.47. The molecule has 0 aromatic heterocycles. The smallest absolute Gasteiger partial charge is 0.200 e. The van der Waals surface area contributed by atoms with Gasteiger partial charge in [0.05, 0.1) is 0 Å². The number of hydrogen-bond acceptors (Lipinski definition) is 1. The third-order valence-electron chi connectivity index (χ3n) is 3.38. The molecule has 128 valence electrons. The van der Waals surface area contributed by atoms with Crippen molar-refractivity contribution in [1.82, 2.24) is 0 Å². The van der Waals surface area contributed by atoms with Crippen molar-refractivity contribution in [1.29, 1.82) is 0 Å². The Bertz CT molecular complexity index is 732. The Labute approximate surface area is 136 Å². The third-order valence-corrected chi connectivity index (χ3v) is 3.38. The van der Waals surface area contributed by atoms with E-state index in [9.17, 15) is 22.0 Å². The van der Waals surface area contributed by atoms with Crippen LogP contribution in [0.1, 0.15) is 24.5 Å². The van der Waals surface area contributed by atoms with E-state index in [0.717, 1.165) is 12.1 Å². The molecule has 0 amide bonds. The lowest BCUT2D eigenvalue weighted by atomic mass is 10.1. The van der Waals surface area contributed by atoms with E-state index in [1.54, 1.807) is 0 Å². The van der Waals surface area contributed by atoms with Crippen molar-refractivity contribution in [2.24, 2.45) is 0 Å². The maximum Gasteiger partial charge on any atom is 0.200 e. The molecule has 0 aliphatic carbocycles. The van der Waals surface area contributed by atoms with E-state index >= 15 is 0 Å². The van der Waals surface area contributed by atoms with E-state index in [1.165, 1.54) is 12.1 Å². The summed E-state index contributed by atoms with van der Waals surface area (Å²) in [6, 6.07) is 4.11. The first-order valence-electron chi connectivity index (χ1n) is 7.28. The average molecular weight is 342 g/mol. The minimum atomic E-state index is -1.60. The minimum absolute atomic E-state index is 0.0385. The van der Waals surface area contributed by atoms with E-state index in [4.69, 9.17) is 4.74 Å². The summed E-state index contributed by atoms with van der Waals surface area (Å²) < 4.78 is 72.0. The maximum absolute atomic E-state index is 14.0. The summed E-state index contributed by atoms with van der Waals surface area (Å²) in [5, 5.41) is 0. The first kappa shape index (κ1) is 18.0. The molecule has 0 bridgehead atoms. The number of ether oxygens (including phenoxy) is 1. The molecule has 0 spiro atoms. The van der Waals surface area contributed by atoms with Gasteiger partial charge in [0.2, 0.25) is 5.82 Å². The summed E-state index contributed by atoms with van der Waals surface area (Å²) in [4.78, 5) is 0. The summed E-state index contributed by atoms with van der Waals surface area (Å²) in [5.74, 6) is -6.92. The molecular weight excluding hydrogens is 327 g/mol. The van der Waals surface area contributed by atoms with Gasteiger partial charge in [-0.1, -0.05) is 18.2 Å². The molecule has 0 aliphatic heterocycles. The van der Waals surface area contributed by atoms with Crippen LogP contribution in [-0.2, 0) is 13.0 Å². The summed E-state index contributed by atoms with van der Waals surface area (Å²) in [6.45, 7) is 1.40. The zero-order chi connectivity index (χ0) is 17.7. The van der Waals surface area contributed by atoms with Gasteiger partial charge >= 0.3 is 0 Å². The Morgan fingerprint density at radius 1 is 0.917 bits per heavy atom. The van der Waals surface area contributed by atoms with Gasteiger partial charge in [0, 0.05) is 0 Å². The van der Waals surface area contributed by atoms with Crippen LogP contribution in [0.4, 0.5) is 22.0 Å². The van der Waals surface area contributed by atoms with Crippen LogP contribution in [-0.4, -0.2) is 0 Å². The van der Waals surface area contributed by atoms with E-state index in [2.05, 4.69) is 0 Å². The Kier molecular flexibility index (Phi) is 5.95. The molecule has 0 aliphatic rings. The van der Waals surface area contributed by atoms with Crippen LogP contribution in [0.2, 0.25) is 0 Å². The van der Waals surface area contributed by atoms with Crippen LogP contribution >= 0.6 is 0 Å². The van der Waals surface area contributed by atoms with Crippen molar-refractivity contribution < 1.29 is 26.7 Å². The summed E-state index contributed by atoms with van der Waals surface area (Å²) >= 11 is 0. The lowest BCUT2D eigenvalue weighted by Crippen LogP contribution is -2.03. The van der Waals surface area contributed by atoms with Gasteiger partial charge in [-0.15, -0.1) is 0 Å². The quantitative estimate of drug-likeness (QED) is 0.384. The van der Waals surface area contributed by atoms with E-state index in [0.29, 0.717) is 12.8 Å². The van der Waals surface area contributed by atoms with E-state index < -0.39 is 35.7 Å². The van der Waals surface area contributed by atoms with Gasteiger partial charge < -0.3 is 4.74 Å². The van der Waals surface area contributed by atoms with Gasteiger partial charge in [-0.25, -0.2) is 17.6 Å². The molecule has 2 aromatic rings. The first-order chi connectivity index (χ1) is 11.4. The molecule has 24 heavy (non-hydrogen) atoms. The lowest BCUT2D eigenvalue weighted by Gasteiger charge is -2.10. The van der Waals surface area contributed by atoms with Crippen molar-refractivity contribution in [2.75, 3.05) is 0 Å². The second-order valence-corrected chi connectivity index (χ2v) is 5.12. The molecule has 0 saturated carbocycles. The third kappa shape index (κ3) is 4.13. The van der Waals surface area contributed by atoms with Crippen molar-refractivity contribution in [3.05, 3.63) is 76.6 Å². The van der Waals surface area contributed by atoms with Gasteiger partial charge in [0.15, 0.2) is 29.0 Å². The fraction of sp³-hybridized carbons (Fsp3) is 0.222. The second-order valence-electron chi connectivity index (χ2n) is 5.12. The van der Waals surface area contributed by atoms with Crippen molar-refractivity contribution >= 4 is 0 Å². The molecular formula is C18H15F5O. The number of allylic oxidation sites excluding steroid dienone is 2. The van der Waals surface area contributed by atoms with Gasteiger partial charge in [0.25, 0.3) is 0 Å². The summed E-state index contributed by atoms with van der Waals surface area (Å²) in [6.07, 6.45) is 4.55. The Hall–Kier alpha value is -2.37. The van der Waals surface area contributed by atoms with E-state index in [1.807, 2.05) is 19.1 Å². The number of benzene rings is 2. The first-order valence-corrected chi connectivity index (χ1v) is 7.28. The highest BCUT2D eigenvalue weighted by Gasteiger charge is 2.15. The average Bonchev–Trinajstić information content (AvgIpc) is 2.55. The standard InChI is InChI=1S/C18H15F5O/c1-2-3-4-5-12-6-7-15(18(23)16(12)21)24-10-11-8-13(19)17(22)14(20)9-11/h2-3,6-9H,4-5,10H2,1H3/b3-2+. The predicted molar refractivity (Wildman–Crippen MR) is 80.1 cm³/mol. The largest absolute Gasteiger partial charge is 0.486 e. The van der Waals surface area contributed by atoms with Crippen LogP contribution in [0.15, 0.2) is 36.4 Å². The van der Waals surface area contributed by atoms with Gasteiger partial charge in [-0.3, -0.25) is 0 Å². The Morgan fingerprint density at radius 3 is 2.21 bits per heavy atom. The highest BCUT2D eigenvalue weighted by Crippen LogP contribution is 2.25. The SMILES string of the molecule is C/C=C/CCc1ccc(OCc2cc(F)c(F)c(F)c2)c(F)c1F.